The normalized spacial score (nSPS) is 25.5. The van der Waals surface area contributed by atoms with Gasteiger partial charge in [0, 0.05) is 5.70 Å². The average Bonchev–Trinajstić information content (AvgIpc) is 3.00. The van der Waals surface area contributed by atoms with Crippen LogP contribution in [0.5, 0.6) is 5.75 Å². The fraction of sp³-hybridized carbons (Fsp3) is 0.500. The van der Waals surface area contributed by atoms with E-state index in [1.165, 1.54) is 0 Å². The monoisotopic (exact) mass is 358 g/mol. The Bertz CT molecular complexity index is 711. The van der Waals surface area contributed by atoms with E-state index in [2.05, 4.69) is 17.6 Å². The second-order valence-electron chi connectivity index (χ2n) is 6.92. The maximum atomic E-state index is 12.9. The molecule has 6 heteroatoms. The van der Waals surface area contributed by atoms with Gasteiger partial charge in [-0.05, 0) is 56.7 Å². The van der Waals surface area contributed by atoms with E-state index in [-0.39, 0.29) is 18.1 Å². The minimum atomic E-state index is -0.538. The van der Waals surface area contributed by atoms with Crippen LogP contribution in [0.15, 0.2) is 35.5 Å². The summed E-state index contributed by atoms with van der Waals surface area (Å²) in [5.41, 5.74) is 1.80. The SMILES string of the molecule is CCOc1ccc(C2NC(=O)NC(C)=C2C(=O)OC2CCCC2C)cc1. The molecule has 1 aliphatic heterocycles. The third-order valence-corrected chi connectivity index (χ3v) is 5.05. The van der Waals surface area contributed by atoms with Crippen molar-refractivity contribution in [2.24, 2.45) is 5.92 Å². The molecule has 3 atom stereocenters. The number of rotatable bonds is 5. The van der Waals surface area contributed by atoms with E-state index >= 15 is 0 Å². The number of amides is 2. The van der Waals surface area contributed by atoms with Crippen molar-refractivity contribution in [3.05, 3.63) is 41.1 Å². The van der Waals surface area contributed by atoms with Gasteiger partial charge in [0.2, 0.25) is 0 Å². The summed E-state index contributed by atoms with van der Waals surface area (Å²) >= 11 is 0. The molecule has 1 heterocycles. The van der Waals surface area contributed by atoms with Crippen molar-refractivity contribution in [1.82, 2.24) is 10.6 Å². The van der Waals surface area contributed by atoms with E-state index in [1.807, 2.05) is 31.2 Å². The first kappa shape index (κ1) is 18.3. The topological polar surface area (TPSA) is 76.7 Å². The molecule has 140 valence electrons. The molecule has 2 N–H and O–H groups in total. The van der Waals surface area contributed by atoms with Crippen molar-refractivity contribution >= 4 is 12.0 Å². The van der Waals surface area contributed by atoms with Crippen molar-refractivity contribution in [1.29, 1.82) is 0 Å². The Hall–Kier alpha value is -2.50. The zero-order valence-corrected chi connectivity index (χ0v) is 15.5. The first-order valence-electron chi connectivity index (χ1n) is 9.21. The number of nitrogens with one attached hydrogen (secondary N) is 2. The second kappa shape index (κ2) is 7.81. The van der Waals surface area contributed by atoms with Crippen LogP contribution in [0.1, 0.15) is 51.6 Å². The Kier molecular flexibility index (Phi) is 5.49. The summed E-state index contributed by atoms with van der Waals surface area (Å²) in [6.45, 7) is 6.34. The predicted molar refractivity (Wildman–Crippen MR) is 97.6 cm³/mol. The summed E-state index contributed by atoms with van der Waals surface area (Å²) in [7, 11) is 0. The van der Waals surface area contributed by atoms with Crippen LogP contribution in [0.4, 0.5) is 4.79 Å². The third kappa shape index (κ3) is 3.84. The van der Waals surface area contributed by atoms with Gasteiger partial charge in [0.1, 0.15) is 11.9 Å². The minimum absolute atomic E-state index is 0.0543. The van der Waals surface area contributed by atoms with Gasteiger partial charge in [-0.15, -0.1) is 0 Å². The molecule has 6 nitrogen and oxygen atoms in total. The quantitative estimate of drug-likeness (QED) is 0.791. The van der Waals surface area contributed by atoms with E-state index in [0.29, 0.717) is 23.8 Å². The van der Waals surface area contributed by atoms with Crippen LogP contribution < -0.4 is 15.4 Å². The highest BCUT2D eigenvalue weighted by Crippen LogP contribution is 2.32. The summed E-state index contributed by atoms with van der Waals surface area (Å²) in [6.07, 6.45) is 3.00. The Morgan fingerprint density at radius 2 is 1.96 bits per heavy atom. The number of urea groups is 1. The van der Waals surface area contributed by atoms with Crippen LogP contribution in [0.3, 0.4) is 0 Å². The van der Waals surface area contributed by atoms with E-state index in [4.69, 9.17) is 9.47 Å². The number of esters is 1. The van der Waals surface area contributed by atoms with Gasteiger partial charge in [0.05, 0.1) is 18.2 Å². The highest BCUT2D eigenvalue weighted by atomic mass is 16.5. The Balaban J connectivity index is 1.85. The third-order valence-electron chi connectivity index (χ3n) is 5.05. The Labute approximate surface area is 153 Å². The molecule has 3 unspecified atom stereocenters. The average molecular weight is 358 g/mol. The first-order chi connectivity index (χ1) is 12.5. The summed E-state index contributed by atoms with van der Waals surface area (Å²) in [6, 6.07) is 6.53. The van der Waals surface area contributed by atoms with Crippen molar-refractivity contribution in [3.8, 4) is 5.75 Å². The lowest BCUT2D eigenvalue weighted by Gasteiger charge is -2.29. The molecule has 0 spiro atoms. The van der Waals surface area contributed by atoms with Crippen LogP contribution in [0.2, 0.25) is 0 Å². The van der Waals surface area contributed by atoms with Gasteiger partial charge in [0.25, 0.3) is 0 Å². The zero-order valence-electron chi connectivity index (χ0n) is 15.5. The van der Waals surface area contributed by atoms with Crippen molar-refractivity contribution < 1.29 is 19.1 Å². The van der Waals surface area contributed by atoms with Gasteiger partial charge in [-0.25, -0.2) is 9.59 Å². The number of hydrogen-bond donors (Lipinski definition) is 2. The molecule has 1 aromatic rings. The highest BCUT2D eigenvalue weighted by Gasteiger charge is 2.35. The molecule has 1 aliphatic carbocycles. The van der Waals surface area contributed by atoms with E-state index in [1.54, 1.807) is 6.92 Å². The molecule has 3 rings (SSSR count). The van der Waals surface area contributed by atoms with Crippen LogP contribution in [0, 0.1) is 5.92 Å². The molecule has 0 saturated heterocycles. The number of carbonyl (C=O) groups excluding carboxylic acids is 2. The number of ether oxygens (including phenoxy) is 2. The van der Waals surface area contributed by atoms with Crippen molar-refractivity contribution in [2.45, 2.75) is 52.2 Å². The van der Waals surface area contributed by atoms with E-state index in [0.717, 1.165) is 30.6 Å². The molecular weight excluding hydrogens is 332 g/mol. The second-order valence-corrected chi connectivity index (χ2v) is 6.92. The predicted octanol–water partition coefficient (Wildman–Crippen LogP) is 3.45. The molecule has 26 heavy (non-hydrogen) atoms. The maximum absolute atomic E-state index is 12.9. The van der Waals surface area contributed by atoms with Gasteiger partial charge in [0.15, 0.2) is 0 Å². The number of allylic oxidation sites excluding steroid dienone is 1. The van der Waals surface area contributed by atoms with E-state index < -0.39 is 6.04 Å². The lowest BCUT2D eigenvalue weighted by molar-refractivity contribution is -0.146. The lowest BCUT2D eigenvalue weighted by atomic mass is 9.95. The van der Waals surface area contributed by atoms with Gasteiger partial charge in [-0.2, -0.15) is 0 Å². The molecule has 0 radical (unpaired) electrons. The van der Waals surface area contributed by atoms with Crippen LogP contribution in [0.25, 0.3) is 0 Å². The Morgan fingerprint density at radius 1 is 1.23 bits per heavy atom. The fourth-order valence-electron chi connectivity index (χ4n) is 3.63. The lowest BCUT2D eigenvalue weighted by Crippen LogP contribution is -2.45. The van der Waals surface area contributed by atoms with Gasteiger partial charge in [-0.3, -0.25) is 0 Å². The number of benzene rings is 1. The number of hydrogen-bond acceptors (Lipinski definition) is 4. The zero-order chi connectivity index (χ0) is 18.7. The molecule has 0 aromatic heterocycles. The standard InChI is InChI=1S/C20H26N2O4/c1-4-25-15-10-8-14(9-11-15)18-17(13(3)21-20(24)22-18)19(23)26-16-7-5-6-12(16)2/h8-12,16,18H,4-7H2,1-3H3,(H2,21,22,24). The first-order valence-corrected chi connectivity index (χ1v) is 9.21. The van der Waals surface area contributed by atoms with Crippen LogP contribution >= 0.6 is 0 Å². The van der Waals surface area contributed by atoms with Crippen molar-refractivity contribution in [3.63, 3.8) is 0 Å². The highest BCUT2D eigenvalue weighted by molar-refractivity contribution is 5.95. The van der Waals surface area contributed by atoms with Crippen LogP contribution in [-0.2, 0) is 9.53 Å². The maximum Gasteiger partial charge on any atom is 0.338 e. The summed E-state index contributed by atoms with van der Waals surface area (Å²) in [5.74, 6) is 0.753. The number of carbonyl (C=O) groups is 2. The summed E-state index contributed by atoms with van der Waals surface area (Å²) < 4.78 is 11.2. The minimum Gasteiger partial charge on any atom is -0.494 e. The summed E-state index contributed by atoms with van der Waals surface area (Å²) in [5, 5.41) is 5.51. The van der Waals surface area contributed by atoms with Crippen molar-refractivity contribution in [2.75, 3.05) is 6.61 Å². The van der Waals surface area contributed by atoms with E-state index in [9.17, 15) is 9.59 Å². The van der Waals surface area contributed by atoms with Crippen LogP contribution in [-0.4, -0.2) is 24.7 Å². The molecule has 2 aliphatic rings. The molecule has 1 aromatic carbocycles. The summed E-state index contributed by atoms with van der Waals surface area (Å²) in [4.78, 5) is 24.8. The Morgan fingerprint density at radius 3 is 2.58 bits per heavy atom. The largest absolute Gasteiger partial charge is 0.494 e. The molecule has 2 amide bonds. The van der Waals surface area contributed by atoms with Gasteiger partial charge in [-0.1, -0.05) is 19.1 Å². The smallest absolute Gasteiger partial charge is 0.338 e. The molecule has 1 saturated carbocycles. The molecular formula is C20H26N2O4. The molecule has 0 bridgehead atoms. The molecule has 1 fully saturated rings. The fourth-order valence-corrected chi connectivity index (χ4v) is 3.63. The van der Waals surface area contributed by atoms with Gasteiger partial charge < -0.3 is 20.1 Å². The van der Waals surface area contributed by atoms with Gasteiger partial charge >= 0.3 is 12.0 Å².